The Morgan fingerprint density at radius 1 is 1.42 bits per heavy atom. The van der Waals surface area contributed by atoms with Gasteiger partial charge in [-0.2, -0.15) is 0 Å². The minimum absolute atomic E-state index is 0.00685. The van der Waals surface area contributed by atoms with Crippen molar-refractivity contribution in [2.45, 2.75) is 31.2 Å². The zero-order valence-electron chi connectivity index (χ0n) is 14.5. The summed E-state index contributed by atoms with van der Waals surface area (Å²) in [4.78, 5) is 15.7. The van der Waals surface area contributed by atoms with E-state index in [9.17, 15) is 9.90 Å². The Morgan fingerprint density at radius 2 is 2.21 bits per heavy atom. The van der Waals surface area contributed by atoms with Crippen molar-refractivity contribution in [1.29, 1.82) is 0 Å². The van der Waals surface area contributed by atoms with E-state index in [1.807, 2.05) is 12.1 Å². The predicted molar refractivity (Wildman–Crippen MR) is 95.1 cm³/mol. The number of carbonyl (C=O) groups excluding carboxylic acids is 1. The van der Waals surface area contributed by atoms with E-state index in [0.717, 1.165) is 30.8 Å². The van der Waals surface area contributed by atoms with Gasteiger partial charge in [0.05, 0.1) is 5.41 Å². The first kappa shape index (κ1) is 15.9. The molecule has 3 aliphatic heterocycles. The van der Waals surface area contributed by atoms with Gasteiger partial charge in [-0.25, -0.2) is 0 Å². The zero-order valence-corrected chi connectivity index (χ0v) is 14.5. The second-order valence-corrected chi connectivity index (χ2v) is 7.57. The first-order valence-corrected chi connectivity index (χ1v) is 8.95. The Morgan fingerprint density at radius 3 is 2.96 bits per heavy atom. The summed E-state index contributed by atoms with van der Waals surface area (Å²) in [6.07, 6.45) is 3.51. The van der Waals surface area contributed by atoms with Crippen LogP contribution in [0.1, 0.15) is 25.3 Å². The average Bonchev–Trinajstić information content (AvgIpc) is 2.96. The molecule has 128 valence electrons. The molecule has 0 aromatic heterocycles. The molecule has 3 fully saturated rings. The third-order valence-corrected chi connectivity index (χ3v) is 6.50. The summed E-state index contributed by atoms with van der Waals surface area (Å²) in [6, 6.07) is 8.20. The van der Waals surface area contributed by atoms with E-state index in [0.29, 0.717) is 12.2 Å². The molecule has 4 heteroatoms. The van der Waals surface area contributed by atoms with E-state index < -0.39 is 5.41 Å². The summed E-state index contributed by atoms with van der Waals surface area (Å²) in [5.74, 6) is 0.551. The molecule has 1 aromatic carbocycles. The van der Waals surface area contributed by atoms with Crippen LogP contribution in [0.4, 0.5) is 5.69 Å². The second-order valence-electron chi connectivity index (χ2n) is 7.57. The fraction of sp³-hybridized carbons (Fsp3) is 0.550. The van der Waals surface area contributed by atoms with Crippen LogP contribution in [0.25, 0.3) is 0 Å². The van der Waals surface area contributed by atoms with E-state index >= 15 is 0 Å². The van der Waals surface area contributed by atoms with Crippen LogP contribution in [0.3, 0.4) is 0 Å². The van der Waals surface area contributed by atoms with Crippen LogP contribution < -0.4 is 5.32 Å². The molecule has 4 nitrogen and oxygen atoms in total. The summed E-state index contributed by atoms with van der Waals surface area (Å²) in [5.41, 5.74) is 3.00. The monoisotopic (exact) mass is 326 g/mol. The summed E-state index contributed by atoms with van der Waals surface area (Å²) in [5, 5.41) is 13.8. The van der Waals surface area contributed by atoms with Gasteiger partial charge in [0.25, 0.3) is 0 Å². The van der Waals surface area contributed by atoms with E-state index in [4.69, 9.17) is 0 Å². The molecule has 0 amide bonds. The molecular formula is C20H26N2O2. The number of hydrogen-bond donors (Lipinski definition) is 2. The van der Waals surface area contributed by atoms with E-state index in [-0.39, 0.29) is 24.5 Å². The number of benzene rings is 1. The third-order valence-electron chi connectivity index (χ3n) is 6.50. The summed E-state index contributed by atoms with van der Waals surface area (Å²) in [6.45, 7) is 3.95. The van der Waals surface area contributed by atoms with E-state index in [1.165, 1.54) is 5.57 Å². The number of para-hydroxylation sites is 1. The Hall–Kier alpha value is -1.65. The molecule has 3 heterocycles. The van der Waals surface area contributed by atoms with Gasteiger partial charge in [0.1, 0.15) is 5.78 Å². The quantitative estimate of drug-likeness (QED) is 0.777. The van der Waals surface area contributed by atoms with Crippen LogP contribution in [0.15, 0.2) is 35.9 Å². The molecule has 24 heavy (non-hydrogen) atoms. The van der Waals surface area contributed by atoms with Crippen molar-refractivity contribution >= 4 is 11.5 Å². The number of hydrogen-bond acceptors (Lipinski definition) is 4. The second kappa shape index (κ2) is 5.71. The van der Waals surface area contributed by atoms with Gasteiger partial charge < -0.3 is 15.3 Å². The van der Waals surface area contributed by atoms with Crippen LogP contribution in [-0.2, 0) is 10.2 Å². The fourth-order valence-electron chi connectivity index (χ4n) is 5.27. The summed E-state index contributed by atoms with van der Waals surface area (Å²) in [7, 11) is 2.13. The molecule has 4 atom stereocenters. The molecule has 1 aromatic rings. The molecule has 2 bridgehead atoms. The molecule has 1 saturated carbocycles. The van der Waals surface area contributed by atoms with Gasteiger partial charge in [-0.1, -0.05) is 29.8 Å². The smallest absolute Gasteiger partial charge is 0.146 e. The molecule has 2 saturated heterocycles. The number of carbonyl (C=O) groups is 1. The van der Waals surface area contributed by atoms with Crippen molar-refractivity contribution in [2.24, 2.45) is 11.8 Å². The number of nitrogens with one attached hydrogen (secondary N) is 1. The maximum absolute atomic E-state index is 13.4. The van der Waals surface area contributed by atoms with Crippen molar-refractivity contribution < 1.29 is 9.90 Å². The molecule has 5 rings (SSSR count). The molecule has 2 N–H and O–H groups in total. The minimum atomic E-state index is -0.488. The van der Waals surface area contributed by atoms with Gasteiger partial charge in [-0.3, -0.25) is 4.79 Å². The number of allylic oxidation sites excluding steroid dienone is 1. The Bertz CT molecular complexity index is 699. The fourth-order valence-corrected chi connectivity index (χ4v) is 5.27. The first-order chi connectivity index (χ1) is 11.6. The lowest BCUT2D eigenvalue weighted by molar-refractivity contribution is -0.130. The third kappa shape index (κ3) is 2.02. The van der Waals surface area contributed by atoms with Crippen LogP contribution in [-0.4, -0.2) is 48.6 Å². The molecule has 0 radical (unpaired) electrons. The van der Waals surface area contributed by atoms with Gasteiger partial charge in [-0.05, 0) is 44.5 Å². The molecule has 4 aliphatic rings. The molecule has 1 spiro atoms. The van der Waals surface area contributed by atoms with Gasteiger partial charge >= 0.3 is 0 Å². The molecule has 1 unspecified atom stereocenters. The number of nitrogens with zero attached hydrogens (tertiary/aromatic N) is 1. The van der Waals surface area contributed by atoms with Crippen LogP contribution in [0.2, 0.25) is 0 Å². The highest BCUT2D eigenvalue weighted by Crippen LogP contribution is 2.54. The summed E-state index contributed by atoms with van der Waals surface area (Å²) >= 11 is 0. The van der Waals surface area contributed by atoms with Crippen LogP contribution in [0.5, 0.6) is 0 Å². The van der Waals surface area contributed by atoms with Crippen molar-refractivity contribution in [2.75, 3.05) is 32.1 Å². The van der Waals surface area contributed by atoms with E-state index in [2.05, 4.69) is 42.4 Å². The topological polar surface area (TPSA) is 52.6 Å². The van der Waals surface area contributed by atoms with E-state index in [1.54, 1.807) is 0 Å². The van der Waals surface area contributed by atoms with Crippen LogP contribution >= 0.6 is 0 Å². The average molecular weight is 326 g/mol. The Kier molecular flexibility index (Phi) is 3.77. The van der Waals surface area contributed by atoms with Crippen LogP contribution in [0, 0.1) is 11.8 Å². The van der Waals surface area contributed by atoms with Crippen molar-refractivity contribution in [1.82, 2.24) is 4.90 Å². The summed E-state index contributed by atoms with van der Waals surface area (Å²) < 4.78 is 0. The van der Waals surface area contributed by atoms with Crippen molar-refractivity contribution in [3.8, 4) is 0 Å². The highest BCUT2D eigenvalue weighted by molar-refractivity contribution is 5.97. The Labute approximate surface area is 143 Å². The largest absolute Gasteiger partial charge is 0.396 e. The normalized spacial score (nSPS) is 37.4. The number of Topliss-reactive ketones (excluding diaryl/α,β-unsaturated/α-hetero) is 1. The lowest BCUT2D eigenvalue weighted by atomic mass is 9.58. The predicted octanol–water partition coefficient (Wildman–Crippen LogP) is 2.20. The number of anilines is 1. The highest BCUT2D eigenvalue weighted by atomic mass is 16.3. The minimum Gasteiger partial charge on any atom is -0.396 e. The molecule has 1 aliphatic carbocycles. The number of rotatable bonds is 1. The van der Waals surface area contributed by atoms with Gasteiger partial charge in [0.15, 0.2) is 0 Å². The van der Waals surface area contributed by atoms with Gasteiger partial charge in [0.2, 0.25) is 0 Å². The lowest BCUT2D eigenvalue weighted by Gasteiger charge is -2.46. The number of aliphatic hydroxyl groups excluding tert-OH is 1. The van der Waals surface area contributed by atoms with Crippen molar-refractivity contribution in [3.05, 3.63) is 41.5 Å². The number of fused-ring (bicyclic) bond motifs is 6. The first-order valence-electron chi connectivity index (χ1n) is 8.95. The number of likely N-dealkylation sites (N-methyl/N-ethyl adjacent to an activating group) is 1. The maximum Gasteiger partial charge on any atom is 0.146 e. The van der Waals surface area contributed by atoms with Crippen molar-refractivity contribution in [3.63, 3.8) is 0 Å². The number of aliphatic hydroxyl groups is 1. The highest BCUT2D eigenvalue weighted by Gasteiger charge is 2.59. The van der Waals surface area contributed by atoms with Gasteiger partial charge in [0, 0.05) is 37.2 Å². The zero-order chi connectivity index (χ0) is 16.9. The SMILES string of the molecule is C/C=C1\CN(C)CCC23C(=O)C[C@@H]1[C@@H](CO)[C@@H]2Nc1ccccc13. The lowest BCUT2D eigenvalue weighted by Crippen LogP contribution is -2.57. The maximum atomic E-state index is 13.4. The van der Waals surface area contributed by atoms with Gasteiger partial charge in [-0.15, -0.1) is 0 Å². The molecular weight excluding hydrogens is 300 g/mol. The Balaban J connectivity index is 1.91. The standard InChI is InChI=1S/C20H26N2O2/c1-3-13-11-22(2)9-8-20-16-6-4-5-7-17(16)21-19(20)15(12-23)14(13)10-18(20)24/h3-7,14-15,19,21,23H,8-12H2,1-2H3/b13-3+/t14-,15+,19-,20?/m0/s1. The number of ketones is 1.